The van der Waals surface area contributed by atoms with Gasteiger partial charge in [-0.15, -0.1) is 24.3 Å². The van der Waals surface area contributed by atoms with Crippen LogP contribution in [0, 0.1) is 18.2 Å². The third-order valence-electron chi connectivity index (χ3n) is 3.68. The van der Waals surface area contributed by atoms with Crippen LogP contribution in [-0.4, -0.2) is 28.2 Å². The molecule has 0 radical (unpaired) electrons. The van der Waals surface area contributed by atoms with Crippen LogP contribution in [0.2, 0.25) is 0 Å². The van der Waals surface area contributed by atoms with Crippen LogP contribution in [0.4, 0.5) is 11.4 Å². The van der Waals surface area contributed by atoms with Gasteiger partial charge < -0.3 is 15.9 Å². The minimum Gasteiger partial charge on any atom is -0.500 e. The van der Waals surface area contributed by atoms with E-state index >= 15 is 0 Å². The van der Waals surface area contributed by atoms with E-state index < -0.39 is 0 Å². The summed E-state index contributed by atoms with van der Waals surface area (Å²) in [7, 11) is 8.09. The fourth-order valence-electron chi connectivity index (χ4n) is 2.14. The topological polar surface area (TPSA) is 6.48 Å². The summed E-state index contributed by atoms with van der Waals surface area (Å²) in [6.07, 6.45) is 14.5. The molecule has 0 fully saturated rings. The number of benzene rings is 2. The second-order valence-corrected chi connectivity index (χ2v) is 6.30. The molecule has 0 unspecified atom stereocenters. The summed E-state index contributed by atoms with van der Waals surface area (Å²) >= 11 is 0. The van der Waals surface area contributed by atoms with Crippen LogP contribution >= 0.6 is 0 Å². The minimum absolute atomic E-state index is 0. The molecule has 3 heteroatoms. The molecule has 2 aromatic rings. The van der Waals surface area contributed by atoms with Crippen molar-refractivity contribution < 1.29 is 21.1 Å². The average molecular weight is 543 g/mol. The number of allylic oxidation sites excluding steroid dienone is 4. The predicted molar refractivity (Wildman–Crippen MR) is 115 cm³/mol. The van der Waals surface area contributed by atoms with E-state index in [0.717, 1.165) is 6.42 Å². The first-order valence-corrected chi connectivity index (χ1v) is 9.08. The standard InChI is InChI=1S/2C8H10N.C8H11.Pt/c2*1-9(2)8-6-4-3-5-7-8;1-2-4-6-8-7-5-3-1;/h2*4-7H,1-2H3;1-2,7H,3-6H2;/q3*-1;. The molecule has 150 valence electrons. The first kappa shape index (κ1) is 25.2. The monoisotopic (exact) mass is 542 g/mol. The van der Waals surface area contributed by atoms with Crippen LogP contribution in [0.1, 0.15) is 25.7 Å². The molecule has 2 aromatic carbocycles. The molecule has 0 heterocycles. The van der Waals surface area contributed by atoms with E-state index in [-0.39, 0.29) is 21.1 Å². The van der Waals surface area contributed by atoms with Crippen molar-refractivity contribution in [3.63, 3.8) is 0 Å². The normalized spacial score (nSPS) is 12.0. The molecule has 0 N–H and O–H groups in total. The molecule has 0 aliphatic heterocycles. The van der Waals surface area contributed by atoms with Crippen LogP contribution in [0.15, 0.2) is 66.8 Å². The predicted octanol–water partition coefficient (Wildman–Crippen LogP) is 5.58. The quantitative estimate of drug-likeness (QED) is 0.361. The molecular formula is C24H31N2Pt-3. The zero-order chi connectivity index (χ0) is 19.0. The molecule has 2 nitrogen and oxygen atoms in total. The molecule has 1 aliphatic rings. The van der Waals surface area contributed by atoms with Gasteiger partial charge in [-0.25, -0.2) is 0 Å². The number of anilines is 2. The average Bonchev–Trinajstić information content (AvgIpc) is 2.64. The fraction of sp³-hybridized carbons (Fsp3) is 0.333. The van der Waals surface area contributed by atoms with E-state index in [2.05, 4.69) is 46.2 Å². The fourth-order valence-corrected chi connectivity index (χ4v) is 2.14. The Hall–Kier alpha value is -1.79. The SMILES string of the molecule is CN(C)c1cc[c-]cc1.CN(C)c1cc[c-]cc1.[C-]1=CCCC=CCC1.[Pt]. The van der Waals surface area contributed by atoms with Crippen LogP contribution in [0.3, 0.4) is 0 Å². The second-order valence-electron chi connectivity index (χ2n) is 6.30. The molecule has 0 aromatic heterocycles. The number of rotatable bonds is 2. The van der Waals surface area contributed by atoms with Gasteiger partial charge in [-0.3, -0.25) is 6.08 Å². The van der Waals surface area contributed by atoms with Gasteiger partial charge in [-0.1, -0.05) is 36.4 Å². The summed E-state index contributed by atoms with van der Waals surface area (Å²) in [4.78, 5) is 4.13. The zero-order valence-electron chi connectivity index (χ0n) is 16.9. The first-order valence-electron chi connectivity index (χ1n) is 9.08. The van der Waals surface area contributed by atoms with Crippen LogP contribution in [-0.2, 0) is 21.1 Å². The van der Waals surface area contributed by atoms with Gasteiger partial charge in [0.05, 0.1) is 0 Å². The third-order valence-corrected chi connectivity index (χ3v) is 3.68. The van der Waals surface area contributed by atoms with Gasteiger partial charge in [0.15, 0.2) is 0 Å². The van der Waals surface area contributed by atoms with Gasteiger partial charge in [-0.2, -0.15) is 42.8 Å². The first-order chi connectivity index (χ1) is 12.6. The van der Waals surface area contributed by atoms with E-state index in [1.807, 2.05) is 76.7 Å². The van der Waals surface area contributed by atoms with Crippen molar-refractivity contribution in [2.45, 2.75) is 25.7 Å². The summed E-state index contributed by atoms with van der Waals surface area (Å²) in [5, 5.41) is 0. The maximum absolute atomic E-state index is 3.21. The van der Waals surface area contributed by atoms with Crippen molar-refractivity contribution in [2.75, 3.05) is 38.0 Å². The van der Waals surface area contributed by atoms with Gasteiger partial charge in [0, 0.05) is 49.3 Å². The summed E-state index contributed by atoms with van der Waals surface area (Å²) < 4.78 is 0. The number of hydrogen-bond acceptors (Lipinski definition) is 2. The Morgan fingerprint density at radius 2 is 1.11 bits per heavy atom. The van der Waals surface area contributed by atoms with Crippen molar-refractivity contribution in [3.05, 3.63) is 85.0 Å². The Morgan fingerprint density at radius 1 is 0.667 bits per heavy atom. The molecule has 0 amide bonds. The Kier molecular flexibility index (Phi) is 15.3. The number of nitrogens with zero attached hydrogens (tertiary/aromatic N) is 2. The van der Waals surface area contributed by atoms with Crippen molar-refractivity contribution in [2.24, 2.45) is 0 Å². The molecule has 0 bridgehead atoms. The number of hydrogen-bond donors (Lipinski definition) is 0. The zero-order valence-corrected chi connectivity index (χ0v) is 19.2. The maximum atomic E-state index is 3.21. The molecule has 0 saturated heterocycles. The Balaban J connectivity index is 0.000000369. The van der Waals surface area contributed by atoms with E-state index in [1.165, 1.54) is 30.6 Å². The van der Waals surface area contributed by atoms with Crippen LogP contribution in [0.25, 0.3) is 0 Å². The van der Waals surface area contributed by atoms with Crippen molar-refractivity contribution in [1.82, 2.24) is 0 Å². The smallest absolute Gasteiger partial charge is 0.00397 e. The summed E-state index contributed by atoms with van der Waals surface area (Å²) in [6, 6.07) is 21.7. The van der Waals surface area contributed by atoms with Crippen molar-refractivity contribution in [3.8, 4) is 0 Å². The largest absolute Gasteiger partial charge is 0.500 e. The maximum Gasteiger partial charge on any atom is 0.00397 e. The van der Waals surface area contributed by atoms with Crippen LogP contribution < -0.4 is 9.80 Å². The van der Waals surface area contributed by atoms with Gasteiger partial charge in [0.2, 0.25) is 0 Å². The van der Waals surface area contributed by atoms with E-state index in [9.17, 15) is 0 Å². The van der Waals surface area contributed by atoms with Gasteiger partial charge in [-0.05, 0) is 6.42 Å². The molecule has 0 spiro atoms. The Bertz CT molecular complexity index is 550. The van der Waals surface area contributed by atoms with E-state index in [0.29, 0.717) is 0 Å². The molecular weight excluding hydrogens is 511 g/mol. The molecule has 27 heavy (non-hydrogen) atoms. The Labute approximate surface area is 180 Å². The Morgan fingerprint density at radius 3 is 1.52 bits per heavy atom. The van der Waals surface area contributed by atoms with Crippen molar-refractivity contribution in [1.29, 1.82) is 0 Å². The van der Waals surface area contributed by atoms with E-state index in [1.54, 1.807) is 0 Å². The van der Waals surface area contributed by atoms with Crippen LogP contribution in [0.5, 0.6) is 0 Å². The van der Waals surface area contributed by atoms with Crippen molar-refractivity contribution >= 4 is 11.4 Å². The van der Waals surface area contributed by atoms with E-state index in [4.69, 9.17) is 0 Å². The summed E-state index contributed by atoms with van der Waals surface area (Å²) in [5.41, 5.74) is 2.43. The van der Waals surface area contributed by atoms with Gasteiger partial charge in [0.25, 0.3) is 0 Å². The summed E-state index contributed by atoms with van der Waals surface area (Å²) in [6.45, 7) is 0. The molecule has 0 atom stereocenters. The third kappa shape index (κ3) is 13.1. The molecule has 3 rings (SSSR count). The molecule has 1 aliphatic carbocycles. The second kappa shape index (κ2) is 16.4. The minimum atomic E-state index is 0. The van der Waals surface area contributed by atoms with Gasteiger partial charge in [0.1, 0.15) is 0 Å². The summed E-state index contributed by atoms with van der Waals surface area (Å²) in [5.74, 6) is 0. The molecule has 0 saturated carbocycles. The van der Waals surface area contributed by atoms with Gasteiger partial charge >= 0.3 is 0 Å².